The van der Waals surface area contributed by atoms with E-state index in [2.05, 4.69) is 5.32 Å². The maximum Gasteiger partial charge on any atom is 0.410 e. The molecule has 0 aliphatic carbocycles. The number of aliphatic hydroxyl groups excluding tert-OH is 2. The number of nitrogens with zero attached hydrogens (tertiary/aromatic N) is 1. The molecular weight excluding hydrogens is 296 g/mol. The Labute approximate surface area is 140 Å². The summed E-state index contributed by atoms with van der Waals surface area (Å²) in [6.07, 6.45) is 3.59. The van der Waals surface area contributed by atoms with Crippen LogP contribution in [0.2, 0.25) is 0 Å². The number of nitrogens with one attached hydrogen (secondary N) is 1. The van der Waals surface area contributed by atoms with Crippen LogP contribution in [0.5, 0.6) is 0 Å². The Balaban J connectivity index is 2.66. The summed E-state index contributed by atoms with van der Waals surface area (Å²) in [5.74, 6) is 0. The third-order valence-electron chi connectivity index (χ3n) is 4.17. The molecule has 1 aliphatic heterocycles. The zero-order valence-electron chi connectivity index (χ0n) is 15.3. The first-order chi connectivity index (χ1) is 10.6. The number of carbonyl (C=O) groups is 1. The van der Waals surface area contributed by atoms with Gasteiger partial charge in [-0.3, -0.25) is 0 Å². The van der Waals surface area contributed by atoms with Crippen LogP contribution in [0.25, 0.3) is 0 Å². The smallest absolute Gasteiger partial charge is 0.410 e. The van der Waals surface area contributed by atoms with Crippen LogP contribution < -0.4 is 5.32 Å². The van der Waals surface area contributed by atoms with Gasteiger partial charge < -0.3 is 25.2 Å². The topological polar surface area (TPSA) is 82.0 Å². The van der Waals surface area contributed by atoms with E-state index in [1.54, 1.807) is 6.92 Å². The van der Waals surface area contributed by atoms with E-state index in [9.17, 15) is 15.0 Å². The molecule has 0 radical (unpaired) electrons. The quantitative estimate of drug-likeness (QED) is 0.693. The third-order valence-corrected chi connectivity index (χ3v) is 4.17. The van der Waals surface area contributed by atoms with Gasteiger partial charge in [0.2, 0.25) is 0 Å². The molecule has 0 aromatic carbocycles. The van der Waals surface area contributed by atoms with Gasteiger partial charge in [0.05, 0.1) is 18.8 Å². The van der Waals surface area contributed by atoms with Crippen LogP contribution >= 0.6 is 0 Å². The minimum Gasteiger partial charge on any atom is -0.444 e. The largest absolute Gasteiger partial charge is 0.444 e. The molecule has 1 amide bonds. The molecule has 2 unspecified atom stereocenters. The van der Waals surface area contributed by atoms with Crippen molar-refractivity contribution in [1.82, 2.24) is 10.2 Å². The van der Waals surface area contributed by atoms with Crippen LogP contribution in [0, 0.1) is 0 Å². The Hall–Kier alpha value is -0.850. The molecule has 136 valence electrons. The lowest BCUT2D eigenvalue weighted by molar-refractivity contribution is 0.00671. The number of aliphatic hydroxyl groups is 2. The van der Waals surface area contributed by atoms with Gasteiger partial charge >= 0.3 is 6.09 Å². The van der Waals surface area contributed by atoms with Crippen LogP contribution in [-0.2, 0) is 4.74 Å². The molecule has 6 heteroatoms. The molecule has 1 rings (SSSR count). The van der Waals surface area contributed by atoms with E-state index < -0.39 is 11.1 Å². The van der Waals surface area contributed by atoms with Gasteiger partial charge in [-0.1, -0.05) is 0 Å². The van der Waals surface area contributed by atoms with Gasteiger partial charge in [-0.2, -0.15) is 0 Å². The molecule has 0 saturated carbocycles. The molecule has 3 N–H and O–H groups in total. The SMILES string of the molecule is CC(CC1CCCCN1C(=O)OC(C)(C)C)NC(C)(CO)CO. The van der Waals surface area contributed by atoms with Gasteiger partial charge in [0.15, 0.2) is 0 Å². The number of likely N-dealkylation sites (tertiary alicyclic amines) is 1. The Kier molecular flexibility index (Phi) is 7.29. The zero-order chi connectivity index (χ0) is 17.7. The van der Waals surface area contributed by atoms with Crippen molar-refractivity contribution in [2.75, 3.05) is 19.8 Å². The second kappa shape index (κ2) is 8.31. The number of rotatable bonds is 6. The maximum absolute atomic E-state index is 12.4. The summed E-state index contributed by atoms with van der Waals surface area (Å²) < 4.78 is 5.52. The highest BCUT2D eigenvalue weighted by atomic mass is 16.6. The minimum atomic E-state index is -0.704. The van der Waals surface area contributed by atoms with E-state index in [0.717, 1.165) is 32.2 Å². The van der Waals surface area contributed by atoms with E-state index in [4.69, 9.17) is 4.74 Å². The van der Waals surface area contributed by atoms with Crippen LogP contribution in [0.1, 0.15) is 60.3 Å². The van der Waals surface area contributed by atoms with Crippen molar-refractivity contribution in [2.24, 2.45) is 0 Å². The molecule has 1 aliphatic rings. The van der Waals surface area contributed by atoms with Gasteiger partial charge in [0.1, 0.15) is 5.60 Å². The number of ether oxygens (including phenoxy) is 1. The molecule has 0 aromatic heterocycles. The highest BCUT2D eigenvalue weighted by molar-refractivity contribution is 5.68. The highest BCUT2D eigenvalue weighted by Crippen LogP contribution is 2.24. The first kappa shape index (κ1) is 20.2. The lowest BCUT2D eigenvalue weighted by Gasteiger charge is -2.39. The standard InChI is InChI=1S/C17H34N2O4/c1-13(18-17(5,11-20)12-21)10-14-8-6-7-9-19(14)15(22)23-16(2,3)4/h13-14,18,20-21H,6-12H2,1-5H3. The Bertz CT molecular complexity index is 377. The van der Waals surface area contributed by atoms with Crippen LogP contribution in [0.4, 0.5) is 4.79 Å². The van der Waals surface area contributed by atoms with Crippen LogP contribution in [0.15, 0.2) is 0 Å². The van der Waals surface area contributed by atoms with E-state index in [-0.39, 0.29) is 31.4 Å². The summed E-state index contributed by atoms with van der Waals surface area (Å²) in [5.41, 5.74) is -1.19. The molecule has 1 fully saturated rings. The van der Waals surface area contributed by atoms with E-state index in [1.807, 2.05) is 32.6 Å². The lowest BCUT2D eigenvalue weighted by Crippen LogP contribution is -2.55. The summed E-state index contributed by atoms with van der Waals surface area (Å²) in [4.78, 5) is 14.2. The van der Waals surface area contributed by atoms with Gasteiger partial charge in [-0.05, 0) is 60.3 Å². The number of hydrogen-bond acceptors (Lipinski definition) is 5. The van der Waals surface area contributed by atoms with E-state index in [0.29, 0.717) is 0 Å². The zero-order valence-corrected chi connectivity index (χ0v) is 15.3. The van der Waals surface area contributed by atoms with Crippen LogP contribution in [0.3, 0.4) is 0 Å². The molecule has 1 saturated heterocycles. The van der Waals surface area contributed by atoms with E-state index >= 15 is 0 Å². The van der Waals surface area contributed by atoms with Gasteiger partial charge in [-0.25, -0.2) is 4.79 Å². The monoisotopic (exact) mass is 330 g/mol. The van der Waals surface area contributed by atoms with Gasteiger partial charge in [0, 0.05) is 18.6 Å². The number of hydrogen-bond donors (Lipinski definition) is 3. The Morgan fingerprint density at radius 2 is 1.87 bits per heavy atom. The van der Waals surface area contributed by atoms with Crippen molar-refractivity contribution < 1.29 is 19.7 Å². The van der Waals surface area contributed by atoms with Crippen molar-refractivity contribution in [3.05, 3.63) is 0 Å². The Morgan fingerprint density at radius 1 is 1.26 bits per heavy atom. The third kappa shape index (κ3) is 6.65. The summed E-state index contributed by atoms with van der Waals surface area (Å²) in [5, 5.41) is 22.1. The average molecular weight is 330 g/mol. The lowest BCUT2D eigenvalue weighted by atomic mass is 9.95. The van der Waals surface area contributed by atoms with E-state index in [1.165, 1.54) is 0 Å². The highest BCUT2D eigenvalue weighted by Gasteiger charge is 2.32. The summed E-state index contributed by atoms with van der Waals surface area (Å²) in [6.45, 7) is 9.90. The molecule has 2 atom stereocenters. The second-order valence-corrected chi connectivity index (χ2v) is 7.98. The molecule has 6 nitrogen and oxygen atoms in total. The average Bonchev–Trinajstić information content (AvgIpc) is 2.45. The van der Waals surface area contributed by atoms with Crippen molar-refractivity contribution in [3.8, 4) is 0 Å². The first-order valence-corrected chi connectivity index (χ1v) is 8.59. The predicted molar refractivity (Wildman–Crippen MR) is 90.4 cm³/mol. The normalized spacial score (nSPS) is 21.2. The predicted octanol–water partition coefficient (Wildman–Crippen LogP) is 1.89. The van der Waals surface area contributed by atoms with Crippen molar-refractivity contribution in [2.45, 2.75) is 83.5 Å². The van der Waals surface area contributed by atoms with Gasteiger partial charge in [0.25, 0.3) is 0 Å². The minimum absolute atomic E-state index is 0.0762. The number of amides is 1. The van der Waals surface area contributed by atoms with Crippen molar-refractivity contribution >= 4 is 6.09 Å². The number of piperidine rings is 1. The summed E-state index contributed by atoms with van der Waals surface area (Å²) in [6, 6.07) is 0.204. The summed E-state index contributed by atoms with van der Waals surface area (Å²) >= 11 is 0. The fourth-order valence-electron chi connectivity index (χ4n) is 3.01. The summed E-state index contributed by atoms with van der Waals surface area (Å²) in [7, 11) is 0. The van der Waals surface area contributed by atoms with Crippen molar-refractivity contribution in [1.29, 1.82) is 0 Å². The molecule has 0 aromatic rings. The Morgan fingerprint density at radius 3 is 2.39 bits per heavy atom. The fourth-order valence-corrected chi connectivity index (χ4v) is 3.01. The van der Waals surface area contributed by atoms with Gasteiger partial charge in [-0.15, -0.1) is 0 Å². The number of carbonyl (C=O) groups excluding carboxylic acids is 1. The second-order valence-electron chi connectivity index (χ2n) is 7.98. The molecule has 0 bridgehead atoms. The molecular formula is C17H34N2O4. The van der Waals surface area contributed by atoms with Crippen molar-refractivity contribution in [3.63, 3.8) is 0 Å². The maximum atomic E-state index is 12.4. The fraction of sp³-hybridized carbons (Fsp3) is 0.941. The first-order valence-electron chi connectivity index (χ1n) is 8.59. The molecule has 23 heavy (non-hydrogen) atoms. The van der Waals surface area contributed by atoms with Crippen LogP contribution in [-0.4, -0.2) is 64.2 Å². The molecule has 1 heterocycles. The molecule has 0 spiro atoms.